The Hall–Kier alpha value is -2.68. The summed E-state index contributed by atoms with van der Waals surface area (Å²) in [6.07, 6.45) is -4.53. The Morgan fingerprint density at radius 3 is 2.44 bits per heavy atom. The molecule has 0 aliphatic carbocycles. The standard InChI is InChI=1S/C24H28F5N5O3S2/c1-12-6-23(25,26)11-34(12)21(36)17-18(38-20(33-17)19(35)32-13-8-39(37)9-13)14-7-30-16(31-10-22(2,3)4)5-15(14)24(27,28)29/h5,7,12-13H,6,8-11H2,1-4H3,(H,30,31)(H,32,35). The average Bonchev–Trinajstić information content (AvgIpc) is 3.35. The van der Waals surface area contributed by atoms with Gasteiger partial charge < -0.3 is 15.5 Å². The van der Waals surface area contributed by atoms with Crippen LogP contribution in [0.2, 0.25) is 0 Å². The lowest BCUT2D eigenvalue weighted by Gasteiger charge is -2.25. The van der Waals surface area contributed by atoms with Crippen LogP contribution in [0.3, 0.4) is 0 Å². The number of hydrogen-bond acceptors (Lipinski definition) is 7. The van der Waals surface area contributed by atoms with E-state index in [1.165, 1.54) is 6.92 Å². The summed E-state index contributed by atoms with van der Waals surface area (Å²) in [6, 6.07) is -0.485. The topological polar surface area (TPSA) is 104 Å². The number of thiazole rings is 1. The monoisotopic (exact) mass is 593 g/mol. The highest BCUT2D eigenvalue weighted by atomic mass is 32.2. The maximum Gasteiger partial charge on any atom is 0.417 e. The number of alkyl halides is 5. The van der Waals surface area contributed by atoms with Gasteiger partial charge in [-0.2, -0.15) is 13.2 Å². The first-order chi connectivity index (χ1) is 17.9. The van der Waals surface area contributed by atoms with Gasteiger partial charge in [0.2, 0.25) is 0 Å². The summed E-state index contributed by atoms with van der Waals surface area (Å²) < 4.78 is 82.2. The van der Waals surface area contributed by atoms with Crippen LogP contribution >= 0.6 is 11.3 Å². The number of nitrogens with one attached hydrogen (secondary N) is 2. The number of likely N-dealkylation sites (tertiary alicyclic amines) is 1. The molecule has 2 aromatic heterocycles. The molecule has 2 amide bonds. The third kappa shape index (κ3) is 6.73. The highest BCUT2D eigenvalue weighted by Gasteiger charge is 2.46. The lowest BCUT2D eigenvalue weighted by atomic mass is 9.97. The van der Waals surface area contributed by atoms with Crippen molar-refractivity contribution in [3.05, 3.63) is 28.5 Å². The molecule has 0 radical (unpaired) electrons. The van der Waals surface area contributed by atoms with E-state index < -0.39 is 76.6 Å². The highest BCUT2D eigenvalue weighted by Crippen LogP contribution is 2.42. The lowest BCUT2D eigenvalue weighted by Crippen LogP contribution is -2.50. The van der Waals surface area contributed by atoms with Gasteiger partial charge in [0.25, 0.3) is 17.7 Å². The molecule has 15 heteroatoms. The van der Waals surface area contributed by atoms with Gasteiger partial charge in [0.15, 0.2) is 5.01 Å². The van der Waals surface area contributed by atoms with Gasteiger partial charge in [0.05, 0.1) is 23.0 Å². The zero-order chi connectivity index (χ0) is 28.9. The normalized spacial score (nSPS) is 22.9. The first kappa shape index (κ1) is 29.3. The Labute approximate surface area is 228 Å². The van der Waals surface area contributed by atoms with E-state index in [1.54, 1.807) is 0 Å². The molecule has 0 aromatic carbocycles. The number of hydrogen-bond donors (Lipinski definition) is 2. The maximum absolute atomic E-state index is 14.2. The zero-order valence-corrected chi connectivity index (χ0v) is 23.3. The van der Waals surface area contributed by atoms with E-state index in [-0.39, 0.29) is 32.6 Å². The van der Waals surface area contributed by atoms with Crippen LogP contribution < -0.4 is 10.6 Å². The summed E-state index contributed by atoms with van der Waals surface area (Å²) in [5.41, 5.74) is -2.39. The van der Waals surface area contributed by atoms with Crippen LogP contribution in [0.25, 0.3) is 10.4 Å². The molecule has 2 aromatic rings. The predicted molar refractivity (Wildman–Crippen MR) is 137 cm³/mol. The first-order valence-electron chi connectivity index (χ1n) is 12.1. The number of carbonyl (C=O) groups excluding carboxylic acids is 2. The van der Waals surface area contributed by atoms with Gasteiger partial charge >= 0.3 is 6.18 Å². The molecule has 2 aliphatic heterocycles. The van der Waals surface area contributed by atoms with Crippen LogP contribution in [0.1, 0.15) is 60.0 Å². The molecule has 0 saturated carbocycles. The predicted octanol–water partition coefficient (Wildman–Crippen LogP) is 4.41. The third-order valence-corrected chi connectivity index (χ3v) is 8.81. The van der Waals surface area contributed by atoms with Crippen LogP contribution in [0.15, 0.2) is 12.3 Å². The fourth-order valence-electron chi connectivity index (χ4n) is 4.22. The van der Waals surface area contributed by atoms with Gasteiger partial charge in [-0.3, -0.25) is 13.8 Å². The van der Waals surface area contributed by atoms with E-state index in [4.69, 9.17) is 0 Å². The molecule has 1 atom stereocenters. The molecular formula is C24H28F5N5O3S2. The quantitative estimate of drug-likeness (QED) is 0.481. The van der Waals surface area contributed by atoms with Crippen molar-refractivity contribution >= 4 is 39.8 Å². The van der Waals surface area contributed by atoms with E-state index in [1.807, 2.05) is 20.8 Å². The number of nitrogens with zero attached hydrogens (tertiary/aromatic N) is 3. The first-order valence-corrected chi connectivity index (χ1v) is 14.4. The zero-order valence-electron chi connectivity index (χ0n) is 21.6. The van der Waals surface area contributed by atoms with Crippen molar-refractivity contribution in [1.82, 2.24) is 20.2 Å². The van der Waals surface area contributed by atoms with Gasteiger partial charge in [0, 0.05) is 53.1 Å². The van der Waals surface area contributed by atoms with Crippen LogP contribution in [0.5, 0.6) is 0 Å². The second kappa shape index (κ2) is 10.4. The van der Waals surface area contributed by atoms with Crippen molar-refractivity contribution in [2.75, 3.05) is 29.9 Å². The molecule has 2 saturated heterocycles. The summed E-state index contributed by atoms with van der Waals surface area (Å²) in [4.78, 5) is 34.9. The Morgan fingerprint density at radius 2 is 1.90 bits per heavy atom. The Kier molecular flexibility index (Phi) is 7.80. The van der Waals surface area contributed by atoms with E-state index in [0.29, 0.717) is 17.9 Å². The van der Waals surface area contributed by atoms with Gasteiger partial charge in [-0.05, 0) is 18.4 Å². The number of halogens is 5. The lowest BCUT2D eigenvalue weighted by molar-refractivity contribution is -0.137. The summed E-state index contributed by atoms with van der Waals surface area (Å²) in [5, 5.41) is 5.14. The molecule has 214 valence electrons. The van der Waals surface area contributed by atoms with Crippen LogP contribution in [-0.2, 0) is 17.0 Å². The van der Waals surface area contributed by atoms with Crippen molar-refractivity contribution < 1.29 is 35.8 Å². The SMILES string of the molecule is CC1CC(F)(F)CN1C(=O)c1nc(C(=O)NC2CS(=O)C2)sc1-c1cnc(NCC(C)(C)C)cc1C(F)(F)F. The largest absolute Gasteiger partial charge is 0.417 e. The minimum absolute atomic E-state index is 0.0397. The van der Waals surface area contributed by atoms with Crippen LogP contribution in [0, 0.1) is 5.41 Å². The second-order valence-electron chi connectivity index (χ2n) is 11.0. The van der Waals surface area contributed by atoms with E-state index in [2.05, 4.69) is 20.6 Å². The number of carbonyl (C=O) groups is 2. The average molecular weight is 594 g/mol. The smallest absolute Gasteiger partial charge is 0.370 e. The second-order valence-corrected chi connectivity index (χ2v) is 13.6. The number of pyridine rings is 1. The molecule has 1 unspecified atom stereocenters. The summed E-state index contributed by atoms with van der Waals surface area (Å²) in [7, 11) is -1.07. The van der Waals surface area contributed by atoms with E-state index in [0.717, 1.165) is 17.2 Å². The minimum atomic E-state index is -4.87. The highest BCUT2D eigenvalue weighted by molar-refractivity contribution is 7.86. The molecule has 2 N–H and O–H groups in total. The van der Waals surface area contributed by atoms with Crippen molar-refractivity contribution in [2.24, 2.45) is 5.41 Å². The van der Waals surface area contributed by atoms with Gasteiger partial charge in [0.1, 0.15) is 11.5 Å². The van der Waals surface area contributed by atoms with Crippen molar-refractivity contribution in [3.8, 4) is 10.4 Å². The number of rotatable bonds is 6. The molecule has 0 spiro atoms. The number of anilines is 1. The fourth-order valence-corrected chi connectivity index (χ4v) is 6.17. The molecule has 2 fully saturated rings. The van der Waals surface area contributed by atoms with Crippen molar-refractivity contribution in [3.63, 3.8) is 0 Å². The molecule has 4 rings (SSSR count). The fraction of sp³-hybridized carbons (Fsp3) is 0.583. The Morgan fingerprint density at radius 1 is 1.23 bits per heavy atom. The van der Waals surface area contributed by atoms with E-state index in [9.17, 15) is 35.8 Å². The van der Waals surface area contributed by atoms with Gasteiger partial charge in [-0.15, -0.1) is 11.3 Å². The molecule has 4 heterocycles. The molecule has 8 nitrogen and oxygen atoms in total. The molecule has 0 bridgehead atoms. The Bertz CT molecular complexity index is 1300. The number of amides is 2. The minimum Gasteiger partial charge on any atom is -0.370 e. The van der Waals surface area contributed by atoms with Crippen molar-refractivity contribution in [1.29, 1.82) is 0 Å². The van der Waals surface area contributed by atoms with E-state index >= 15 is 0 Å². The maximum atomic E-state index is 14.2. The van der Waals surface area contributed by atoms with Crippen LogP contribution in [-0.4, -0.2) is 73.5 Å². The summed E-state index contributed by atoms with van der Waals surface area (Å²) in [6.45, 7) is 6.51. The van der Waals surface area contributed by atoms with Crippen LogP contribution in [0.4, 0.5) is 27.8 Å². The molecular weight excluding hydrogens is 565 g/mol. The molecule has 2 aliphatic rings. The number of aromatic nitrogens is 2. The molecule has 39 heavy (non-hydrogen) atoms. The van der Waals surface area contributed by atoms with Crippen molar-refractivity contribution in [2.45, 2.75) is 58.3 Å². The van der Waals surface area contributed by atoms with Gasteiger partial charge in [-0.1, -0.05) is 20.8 Å². The third-order valence-electron chi connectivity index (χ3n) is 6.18. The van der Waals surface area contributed by atoms with Gasteiger partial charge in [-0.25, -0.2) is 18.7 Å². The summed E-state index contributed by atoms with van der Waals surface area (Å²) in [5.74, 6) is -4.51. The summed E-state index contributed by atoms with van der Waals surface area (Å²) >= 11 is 0.546. The Balaban J connectivity index is 1.78.